The van der Waals surface area contributed by atoms with Crippen molar-refractivity contribution in [3.8, 4) is 0 Å². The molecule has 19 heavy (non-hydrogen) atoms. The third kappa shape index (κ3) is 4.28. The predicted molar refractivity (Wildman–Crippen MR) is 73.3 cm³/mol. The topological polar surface area (TPSA) is 39.7 Å². The van der Waals surface area contributed by atoms with Gasteiger partial charge in [-0.3, -0.25) is 4.84 Å². The summed E-state index contributed by atoms with van der Waals surface area (Å²) >= 11 is 0. The van der Waals surface area contributed by atoms with E-state index < -0.39 is 5.79 Å². The van der Waals surface area contributed by atoms with Crippen molar-refractivity contribution in [2.45, 2.75) is 51.7 Å². The maximum absolute atomic E-state index is 5.84. The van der Waals surface area contributed by atoms with Crippen molar-refractivity contribution < 1.29 is 14.3 Å². The van der Waals surface area contributed by atoms with E-state index in [4.69, 9.17) is 14.3 Å². The molecule has 0 spiro atoms. The van der Waals surface area contributed by atoms with Crippen LogP contribution in [0.2, 0.25) is 0 Å². The molecule has 106 valence electrons. The number of ether oxygens (including phenoxy) is 2. The fraction of sp³-hybridized carbons (Fsp3) is 0.600. The van der Waals surface area contributed by atoms with Gasteiger partial charge >= 0.3 is 0 Å². The summed E-state index contributed by atoms with van der Waals surface area (Å²) in [6.07, 6.45) is 0.967. The second-order valence-electron chi connectivity index (χ2n) is 5.27. The van der Waals surface area contributed by atoms with Crippen LogP contribution in [-0.2, 0) is 20.9 Å². The Morgan fingerprint density at radius 3 is 2.68 bits per heavy atom. The molecule has 0 amide bonds. The van der Waals surface area contributed by atoms with Gasteiger partial charge in [-0.2, -0.15) is 5.48 Å². The zero-order valence-corrected chi connectivity index (χ0v) is 11.9. The molecule has 2 atom stereocenters. The molecule has 1 aromatic rings. The van der Waals surface area contributed by atoms with Gasteiger partial charge in [-0.25, -0.2) is 0 Å². The minimum Gasteiger partial charge on any atom is -0.348 e. The zero-order valence-electron chi connectivity index (χ0n) is 11.9. The van der Waals surface area contributed by atoms with E-state index in [1.54, 1.807) is 0 Å². The van der Waals surface area contributed by atoms with Crippen LogP contribution in [0.15, 0.2) is 30.3 Å². The first-order valence-corrected chi connectivity index (χ1v) is 6.84. The lowest BCUT2D eigenvalue weighted by Gasteiger charge is -2.23. The minimum atomic E-state index is -0.487. The molecule has 1 aliphatic rings. The van der Waals surface area contributed by atoms with Gasteiger partial charge in [0.1, 0.15) is 6.10 Å². The van der Waals surface area contributed by atoms with Crippen LogP contribution in [0.1, 0.15) is 32.8 Å². The standard InChI is InChI=1S/C15H23NO3/c1-4-13(14-11-17-15(2,3)19-14)16-18-10-12-8-6-5-7-9-12/h5-9,13-14,16H,4,10-11H2,1-3H3. The first-order valence-electron chi connectivity index (χ1n) is 6.84. The second kappa shape index (κ2) is 6.48. The molecule has 1 saturated heterocycles. The van der Waals surface area contributed by atoms with E-state index >= 15 is 0 Å². The molecule has 0 aromatic heterocycles. The monoisotopic (exact) mass is 265 g/mol. The Kier molecular flexibility index (Phi) is 4.93. The van der Waals surface area contributed by atoms with Crippen LogP contribution in [0.3, 0.4) is 0 Å². The molecular formula is C15H23NO3. The van der Waals surface area contributed by atoms with E-state index in [1.807, 2.05) is 44.2 Å². The van der Waals surface area contributed by atoms with E-state index in [1.165, 1.54) is 0 Å². The molecule has 0 bridgehead atoms. The fourth-order valence-electron chi connectivity index (χ4n) is 2.14. The summed E-state index contributed by atoms with van der Waals surface area (Å²) in [4.78, 5) is 5.57. The van der Waals surface area contributed by atoms with Crippen molar-refractivity contribution in [3.63, 3.8) is 0 Å². The van der Waals surface area contributed by atoms with Crippen LogP contribution in [-0.4, -0.2) is 24.5 Å². The van der Waals surface area contributed by atoms with Crippen LogP contribution >= 0.6 is 0 Å². The summed E-state index contributed by atoms with van der Waals surface area (Å²) in [7, 11) is 0. The van der Waals surface area contributed by atoms with E-state index in [9.17, 15) is 0 Å². The Morgan fingerprint density at radius 2 is 2.11 bits per heavy atom. The molecule has 4 heteroatoms. The van der Waals surface area contributed by atoms with Crippen LogP contribution in [0.5, 0.6) is 0 Å². The summed E-state index contributed by atoms with van der Waals surface area (Å²) in [5.74, 6) is -0.487. The maximum atomic E-state index is 5.84. The van der Waals surface area contributed by atoms with Gasteiger partial charge in [0.15, 0.2) is 5.79 Å². The van der Waals surface area contributed by atoms with Crippen LogP contribution in [0, 0.1) is 0 Å². The van der Waals surface area contributed by atoms with Crippen molar-refractivity contribution in [3.05, 3.63) is 35.9 Å². The molecule has 1 aromatic carbocycles. The highest BCUT2D eigenvalue weighted by molar-refractivity contribution is 5.13. The Balaban J connectivity index is 1.77. The normalized spacial score (nSPS) is 23.4. The van der Waals surface area contributed by atoms with Gasteiger partial charge in [0.25, 0.3) is 0 Å². The second-order valence-corrected chi connectivity index (χ2v) is 5.27. The van der Waals surface area contributed by atoms with E-state index in [0.29, 0.717) is 13.2 Å². The van der Waals surface area contributed by atoms with Gasteiger partial charge in [0, 0.05) is 0 Å². The molecule has 0 aliphatic carbocycles. The molecule has 0 saturated carbocycles. The summed E-state index contributed by atoms with van der Waals surface area (Å²) in [6, 6.07) is 10.2. The van der Waals surface area contributed by atoms with Gasteiger partial charge in [0.2, 0.25) is 0 Å². The lowest BCUT2D eigenvalue weighted by atomic mass is 10.1. The lowest BCUT2D eigenvalue weighted by Crippen LogP contribution is -2.41. The van der Waals surface area contributed by atoms with Crippen LogP contribution < -0.4 is 5.48 Å². The van der Waals surface area contributed by atoms with Crippen molar-refractivity contribution in [1.29, 1.82) is 0 Å². The number of rotatable bonds is 6. The maximum Gasteiger partial charge on any atom is 0.163 e. The molecule has 0 radical (unpaired) electrons. The number of hydrogen-bond acceptors (Lipinski definition) is 4. The quantitative estimate of drug-likeness (QED) is 0.803. The first kappa shape index (κ1) is 14.5. The Bertz CT molecular complexity index is 380. The molecule has 2 rings (SSSR count). The van der Waals surface area contributed by atoms with Crippen LogP contribution in [0.25, 0.3) is 0 Å². The molecule has 1 aliphatic heterocycles. The van der Waals surface area contributed by atoms with E-state index in [2.05, 4.69) is 12.4 Å². The van der Waals surface area contributed by atoms with E-state index in [0.717, 1.165) is 12.0 Å². The largest absolute Gasteiger partial charge is 0.348 e. The van der Waals surface area contributed by atoms with Crippen molar-refractivity contribution in [1.82, 2.24) is 5.48 Å². The van der Waals surface area contributed by atoms with Crippen molar-refractivity contribution in [2.75, 3.05) is 6.61 Å². The molecule has 2 unspecified atom stereocenters. The number of nitrogens with one attached hydrogen (secondary N) is 1. The minimum absolute atomic E-state index is 0.0378. The fourth-order valence-corrected chi connectivity index (χ4v) is 2.14. The number of hydroxylamine groups is 1. The molecule has 1 N–H and O–H groups in total. The summed E-state index contributed by atoms with van der Waals surface area (Å²) in [5.41, 5.74) is 4.24. The molecule has 4 nitrogen and oxygen atoms in total. The average Bonchev–Trinajstić information content (AvgIpc) is 2.76. The molecular weight excluding hydrogens is 242 g/mol. The Hall–Kier alpha value is -0.940. The third-order valence-electron chi connectivity index (χ3n) is 3.24. The number of hydrogen-bond donors (Lipinski definition) is 1. The first-order chi connectivity index (χ1) is 9.11. The van der Waals surface area contributed by atoms with E-state index in [-0.39, 0.29) is 12.1 Å². The SMILES string of the molecule is CCC(NOCc1ccccc1)C1COC(C)(C)O1. The summed E-state index contributed by atoms with van der Waals surface area (Å²) in [6.45, 7) is 7.13. The highest BCUT2D eigenvalue weighted by Crippen LogP contribution is 2.25. The molecule has 1 fully saturated rings. The highest BCUT2D eigenvalue weighted by atomic mass is 16.7. The smallest absolute Gasteiger partial charge is 0.163 e. The Labute approximate surface area is 115 Å². The average molecular weight is 265 g/mol. The third-order valence-corrected chi connectivity index (χ3v) is 3.24. The number of benzene rings is 1. The van der Waals surface area contributed by atoms with Crippen LogP contribution in [0.4, 0.5) is 0 Å². The van der Waals surface area contributed by atoms with Gasteiger partial charge in [-0.15, -0.1) is 0 Å². The van der Waals surface area contributed by atoms with Crippen molar-refractivity contribution >= 4 is 0 Å². The zero-order chi connectivity index (χ0) is 13.7. The van der Waals surface area contributed by atoms with Gasteiger partial charge in [-0.1, -0.05) is 37.3 Å². The van der Waals surface area contributed by atoms with Gasteiger partial charge in [-0.05, 0) is 25.8 Å². The summed E-state index contributed by atoms with van der Waals surface area (Å²) in [5, 5.41) is 0. The molecule has 1 heterocycles. The van der Waals surface area contributed by atoms with Gasteiger partial charge in [0.05, 0.1) is 19.3 Å². The summed E-state index contributed by atoms with van der Waals surface area (Å²) < 4.78 is 11.4. The highest BCUT2D eigenvalue weighted by Gasteiger charge is 2.36. The van der Waals surface area contributed by atoms with Crippen molar-refractivity contribution in [2.24, 2.45) is 0 Å². The Morgan fingerprint density at radius 1 is 1.37 bits per heavy atom. The van der Waals surface area contributed by atoms with Gasteiger partial charge < -0.3 is 9.47 Å². The lowest BCUT2D eigenvalue weighted by molar-refractivity contribution is -0.148. The predicted octanol–water partition coefficient (Wildman–Crippen LogP) is 2.64.